The first-order valence-corrected chi connectivity index (χ1v) is 10.2. The summed E-state index contributed by atoms with van der Waals surface area (Å²) in [5, 5.41) is 14.5. The minimum Gasteiger partial charge on any atom is -0.508 e. The van der Waals surface area contributed by atoms with Crippen molar-refractivity contribution in [2.24, 2.45) is 13.0 Å². The van der Waals surface area contributed by atoms with Crippen LogP contribution < -0.4 is 9.30 Å². The average molecular weight is 384 g/mol. The Morgan fingerprint density at radius 1 is 1.03 bits per heavy atom. The lowest BCUT2D eigenvalue weighted by Crippen LogP contribution is -2.32. The normalized spacial score (nSPS) is 12.5. The SMILES string of the molecule is Cc1cc2cc(CC(C)C)cc3c2c(c1C)-c1c(c2cc(O)ccc2c[n+]1C)O3. The first-order chi connectivity index (χ1) is 13.8. The van der Waals surface area contributed by atoms with Crippen LogP contribution in [0.25, 0.3) is 32.8 Å². The maximum absolute atomic E-state index is 10.1. The summed E-state index contributed by atoms with van der Waals surface area (Å²) in [5.74, 6) is 2.57. The maximum atomic E-state index is 10.1. The van der Waals surface area contributed by atoms with E-state index in [1.165, 1.54) is 33.0 Å². The third-order valence-corrected chi connectivity index (χ3v) is 6.06. The number of nitrogens with zero attached hydrogens (tertiary/aromatic N) is 1. The van der Waals surface area contributed by atoms with Gasteiger partial charge < -0.3 is 9.84 Å². The van der Waals surface area contributed by atoms with E-state index < -0.39 is 0 Å². The Hall–Kier alpha value is -3.07. The van der Waals surface area contributed by atoms with Crippen LogP contribution in [-0.2, 0) is 13.5 Å². The van der Waals surface area contributed by atoms with Crippen LogP contribution in [0.4, 0.5) is 0 Å². The maximum Gasteiger partial charge on any atom is 0.257 e. The minimum absolute atomic E-state index is 0.252. The first kappa shape index (κ1) is 18.0. The summed E-state index contributed by atoms with van der Waals surface area (Å²) >= 11 is 0. The second-order valence-corrected chi connectivity index (χ2v) is 8.77. The van der Waals surface area contributed by atoms with Crippen molar-refractivity contribution in [3.8, 4) is 28.5 Å². The van der Waals surface area contributed by atoms with Crippen molar-refractivity contribution in [1.82, 2.24) is 0 Å². The molecule has 1 aliphatic heterocycles. The average Bonchev–Trinajstić information content (AvgIpc) is 2.65. The fourth-order valence-electron chi connectivity index (χ4n) is 4.69. The minimum atomic E-state index is 0.252. The second-order valence-electron chi connectivity index (χ2n) is 8.77. The monoisotopic (exact) mass is 384 g/mol. The number of hydrogen-bond acceptors (Lipinski definition) is 2. The van der Waals surface area contributed by atoms with Gasteiger partial charge in [-0.1, -0.05) is 26.0 Å². The lowest BCUT2D eigenvalue weighted by Gasteiger charge is -2.24. The molecule has 1 aromatic heterocycles. The van der Waals surface area contributed by atoms with Gasteiger partial charge in [-0.05, 0) is 72.5 Å². The summed E-state index contributed by atoms with van der Waals surface area (Å²) in [5.41, 5.74) is 6.16. The number of aromatic hydroxyl groups is 1. The number of benzene rings is 3. The van der Waals surface area contributed by atoms with Crippen molar-refractivity contribution >= 4 is 21.5 Å². The largest absolute Gasteiger partial charge is 0.508 e. The summed E-state index contributed by atoms with van der Waals surface area (Å²) in [7, 11) is 2.07. The number of rotatable bonds is 2. The zero-order valence-corrected chi connectivity index (χ0v) is 17.6. The van der Waals surface area contributed by atoms with Crippen LogP contribution in [0.2, 0.25) is 0 Å². The summed E-state index contributed by atoms with van der Waals surface area (Å²) in [6, 6.07) is 12.3. The van der Waals surface area contributed by atoms with Crippen molar-refractivity contribution in [1.29, 1.82) is 0 Å². The standard InChI is InChI=1S/C26H25NO2/c1-14(2)8-17-10-19-9-15(3)16(4)23-24(19)22(11-17)29-26-21-12-20(28)7-6-18(21)13-27(5)25(23)26/h6-7,9-14H,8H2,1-5H3/p+1. The zero-order valence-electron chi connectivity index (χ0n) is 17.6. The third-order valence-electron chi connectivity index (χ3n) is 6.06. The van der Waals surface area contributed by atoms with E-state index >= 15 is 0 Å². The molecular weight excluding hydrogens is 358 g/mol. The molecule has 1 aliphatic rings. The van der Waals surface area contributed by atoms with E-state index in [9.17, 15) is 5.11 Å². The Morgan fingerprint density at radius 2 is 1.83 bits per heavy atom. The van der Waals surface area contributed by atoms with Gasteiger partial charge in [0, 0.05) is 16.2 Å². The first-order valence-electron chi connectivity index (χ1n) is 10.2. The predicted molar refractivity (Wildman–Crippen MR) is 118 cm³/mol. The Balaban J connectivity index is 1.93. The van der Waals surface area contributed by atoms with Crippen LogP contribution in [0.3, 0.4) is 0 Å². The molecule has 0 atom stereocenters. The van der Waals surface area contributed by atoms with Gasteiger partial charge in [0.05, 0.1) is 5.56 Å². The molecule has 0 amide bonds. The van der Waals surface area contributed by atoms with Crippen LogP contribution in [0.5, 0.6) is 17.2 Å². The van der Waals surface area contributed by atoms with Crippen molar-refractivity contribution in [2.75, 3.05) is 0 Å². The molecular formula is C26H26NO2+. The molecule has 3 aromatic carbocycles. The van der Waals surface area contributed by atoms with E-state index in [0.717, 1.165) is 34.4 Å². The highest BCUT2D eigenvalue weighted by atomic mass is 16.5. The number of fused-ring (bicyclic) bond motifs is 4. The topological polar surface area (TPSA) is 33.3 Å². The Kier molecular flexibility index (Phi) is 3.86. The van der Waals surface area contributed by atoms with E-state index in [1.54, 1.807) is 12.1 Å². The molecule has 3 nitrogen and oxygen atoms in total. The van der Waals surface area contributed by atoms with Gasteiger partial charge in [0.1, 0.15) is 18.5 Å². The van der Waals surface area contributed by atoms with Crippen molar-refractivity contribution in [2.45, 2.75) is 34.1 Å². The molecule has 1 N–H and O–H groups in total. The number of hydrogen-bond donors (Lipinski definition) is 1. The quantitative estimate of drug-likeness (QED) is 0.372. The lowest BCUT2D eigenvalue weighted by molar-refractivity contribution is -0.659. The molecule has 0 fully saturated rings. The lowest BCUT2D eigenvalue weighted by atomic mass is 9.88. The molecule has 0 aliphatic carbocycles. The second kappa shape index (κ2) is 6.21. The smallest absolute Gasteiger partial charge is 0.257 e. The number of ether oxygens (including phenoxy) is 1. The van der Waals surface area contributed by atoms with Crippen LogP contribution in [0.15, 0.2) is 42.6 Å². The molecule has 0 spiro atoms. The third kappa shape index (κ3) is 2.68. The number of aryl methyl sites for hydroxylation is 2. The highest BCUT2D eigenvalue weighted by molar-refractivity contribution is 6.07. The summed E-state index contributed by atoms with van der Waals surface area (Å²) in [6.45, 7) is 8.86. The number of phenols is 1. The van der Waals surface area contributed by atoms with Gasteiger partial charge in [0.15, 0.2) is 6.20 Å². The van der Waals surface area contributed by atoms with Gasteiger partial charge in [-0.2, -0.15) is 4.57 Å². The molecule has 2 heterocycles. The Morgan fingerprint density at radius 3 is 2.59 bits per heavy atom. The zero-order chi connectivity index (χ0) is 20.4. The number of pyridine rings is 1. The van der Waals surface area contributed by atoms with Gasteiger partial charge in [0.25, 0.3) is 5.69 Å². The molecule has 146 valence electrons. The molecule has 0 unspecified atom stereocenters. The van der Waals surface area contributed by atoms with Crippen molar-refractivity contribution in [3.63, 3.8) is 0 Å². The molecule has 0 radical (unpaired) electrons. The molecule has 29 heavy (non-hydrogen) atoms. The van der Waals surface area contributed by atoms with Gasteiger partial charge in [-0.3, -0.25) is 0 Å². The molecule has 3 heteroatoms. The van der Waals surface area contributed by atoms with Crippen LogP contribution >= 0.6 is 0 Å². The highest BCUT2D eigenvalue weighted by Gasteiger charge is 2.32. The Labute approximate surface area is 171 Å². The van der Waals surface area contributed by atoms with E-state index in [2.05, 4.69) is 63.7 Å². The summed E-state index contributed by atoms with van der Waals surface area (Å²) in [6.07, 6.45) is 3.13. The van der Waals surface area contributed by atoms with Crippen molar-refractivity contribution in [3.05, 3.63) is 59.3 Å². The fourth-order valence-corrected chi connectivity index (χ4v) is 4.69. The fraction of sp³-hybridized carbons (Fsp3) is 0.269. The molecule has 0 saturated heterocycles. The van der Waals surface area contributed by atoms with Gasteiger partial charge in [-0.25, -0.2) is 0 Å². The Bertz CT molecular complexity index is 1320. The van der Waals surface area contributed by atoms with E-state index in [0.29, 0.717) is 5.92 Å². The van der Waals surface area contributed by atoms with Gasteiger partial charge >= 0.3 is 0 Å². The molecule has 5 rings (SSSR count). The van der Waals surface area contributed by atoms with Crippen LogP contribution in [-0.4, -0.2) is 5.11 Å². The van der Waals surface area contributed by atoms with E-state index in [1.807, 2.05) is 6.07 Å². The molecule has 0 saturated carbocycles. The van der Waals surface area contributed by atoms with Gasteiger partial charge in [0.2, 0.25) is 5.75 Å². The molecule has 4 aromatic rings. The van der Waals surface area contributed by atoms with E-state index in [4.69, 9.17) is 4.74 Å². The van der Waals surface area contributed by atoms with E-state index in [-0.39, 0.29) is 5.75 Å². The number of phenolic OH excluding ortho intramolecular Hbond substituents is 1. The highest BCUT2D eigenvalue weighted by Crippen LogP contribution is 2.50. The summed E-state index contributed by atoms with van der Waals surface area (Å²) in [4.78, 5) is 0. The van der Waals surface area contributed by atoms with Crippen LogP contribution in [0.1, 0.15) is 30.5 Å². The van der Waals surface area contributed by atoms with Gasteiger partial charge in [-0.15, -0.1) is 0 Å². The number of aromatic nitrogens is 1. The summed E-state index contributed by atoms with van der Waals surface area (Å²) < 4.78 is 8.74. The molecule has 0 bridgehead atoms. The van der Waals surface area contributed by atoms with Crippen LogP contribution in [0, 0.1) is 19.8 Å². The van der Waals surface area contributed by atoms with Crippen molar-refractivity contribution < 1.29 is 14.4 Å². The predicted octanol–water partition coefficient (Wildman–Crippen LogP) is 6.11.